The first-order valence-corrected chi connectivity index (χ1v) is 7.99. The molecule has 0 aliphatic heterocycles. The van der Waals surface area contributed by atoms with Gasteiger partial charge in [0, 0.05) is 10.5 Å². The Morgan fingerprint density at radius 2 is 1.78 bits per heavy atom. The lowest BCUT2D eigenvalue weighted by Crippen LogP contribution is -2.25. The molecule has 1 saturated carbocycles. The lowest BCUT2D eigenvalue weighted by molar-refractivity contribution is 0.291. The first-order valence-electron chi connectivity index (χ1n) is 7.20. The van der Waals surface area contributed by atoms with Crippen LogP contribution in [-0.2, 0) is 0 Å². The van der Waals surface area contributed by atoms with Crippen molar-refractivity contribution < 1.29 is 0 Å². The smallest absolute Gasteiger partial charge is 0.0175 e. The molecule has 0 radical (unpaired) electrons. The highest BCUT2D eigenvalue weighted by Crippen LogP contribution is 2.37. The molecule has 0 bridgehead atoms. The van der Waals surface area contributed by atoms with E-state index in [0.29, 0.717) is 6.04 Å². The topological polar surface area (TPSA) is 26.0 Å². The summed E-state index contributed by atoms with van der Waals surface area (Å²) in [5.41, 5.74) is 7.57. The Balaban J connectivity index is 1.84. The largest absolute Gasteiger partial charge is 0.328 e. The Labute approximate surface area is 119 Å². The second-order valence-electron chi connectivity index (χ2n) is 5.67. The number of hydrogen-bond donors (Lipinski definition) is 1. The lowest BCUT2D eigenvalue weighted by Gasteiger charge is -2.30. The fraction of sp³-hybridized carbons (Fsp3) is 0.625. The van der Waals surface area contributed by atoms with E-state index >= 15 is 0 Å². The lowest BCUT2D eigenvalue weighted by atomic mass is 9.76. The predicted octanol–water partition coefficient (Wildman–Crippen LogP) is 4.85. The SMILES string of the molecule is CCC(N)CC1CCC(c2ccc(Br)cc2)CC1. The number of nitrogens with two attached hydrogens (primary N) is 1. The van der Waals surface area contributed by atoms with Gasteiger partial charge in [0.1, 0.15) is 0 Å². The van der Waals surface area contributed by atoms with Crippen LogP contribution < -0.4 is 5.73 Å². The molecule has 1 fully saturated rings. The molecule has 1 aliphatic rings. The van der Waals surface area contributed by atoms with E-state index < -0.39 is 0 Å². The van der Waals surface area contributed by atoms with Gasteiger partial charge in [0.05, 0.1) is 0 Å². The van der Waals surface area contributed by atoms with E-state index in [1.54, 1.807) is 0 Å². The maximum absolute atomic E-state index is 6.06. The summed E-state index contributed by atoms with van der Waals surface area (Å²) in [5.74, 6) is 1.64. The Bertz CT molecular complexity index is 352. The summed E-state index contributed by atoms with van der Waals surface area (Å²) < 4.78 is 1.17. The molecule has 1 aromatic rings. The zero-order valence-corrected chi connectivity index (χ0v) is 12.8. The summed E-state index contributed by atoms with van der Waals surface area (Å²) in [4.78, 5) is 0. The third-order valence-corrected chi connectivity index (χ3v) is 4.88. The summed E-state index contributed by atoms with van der Waals surface area (Å²) in [6.07, 6.45) is 7.73. The number of halogens is 1. The van der Waals surface area contributed by atoms with Gasteiger partial charge in [0.2, 0.25) is 0 Å². The Morgan fingerprint density at radius 1 is 1.17 bits per heavy atom. The number of rotatable bonds is 4. The molecular formula is C16H24BrN. The Morgan fingerprint density at radius 3 is 2.33 bits per heavy atom. The predicted molar refractivity (Wildman–Crippen MR) is 81.7 cm³/mol. The molecule has 1 aliphatic carbocycles. The molecule has 2 rings (SSSR count). The standard InChI is InChI=1S/C16H24BrN/c1-2-16(18)11-12-3-5-13(6-4-12)14-7-9-15(17)10-8-14/h7-10,12-13,16H,2-6,11,18H2,1H3. The van der Waals surface area contributed by atoms with Gasteiger partial charge >= 0.3 is 0 Å². The van der Waals surface area contributed by atoms with Gasteiger partial charge in [0.25, 0.3) is 0 Å². The van der Waals surface area contributed by atoms with Crippen LogP contribution in [0.2, 0.25) is 0 Å². The van der Waals surface area contributed by atoms with E-state index in [0.717, 1.165) is 18.3 Å². The van der Waals surface area contributed by atoms with Crippen molar-refractivity contribution in [3.8, 4) is 0 Å². The van der Waals surface area contributed by atoms with E-state index in [1.807, 2.05) is 0 Å². The molecule has 2 N–H and O–H groups in total. The molecule has 0 heterocycles. The van der Waals surface area contributed by atoms with Crippen molar-refractivity contribution in [1.29, 1.82) is 0 Å². The molecule has 1 atom stereocenters. The zero-order chi connectivity index (χ0) is 13.0. The molecule has 1 aromatic carbocycles. The molecule has 0 spiro atoms. The minimum atomic E-state index is 0.416. The third kappa shape index (κ3) is 3.83. The van der Waals surface area contributed by atoms with Crippen LogP contribution in [0.3, 0.4) is 0 Å². The Hall–Kier alpha value is -0.340. The second-order valence-corrected chi connectivity index (χ2v) is 6.59. The zero-order valence-electron chi connectivity index (χ0n) is 11.2. The molecule has 0 aromatic heterocycles. The highest BCUT2D eigenvalue weighted by atomic mass is 79.9. The molecule has 0 saturated heterocycles. The highest BCUT2D eigenvalue weighted by molar-refractivity contribution is 9.10. The summed E-state index contributed by atoms with van der Waals surface area (Å²) >= 11 is 3.50. The van der Waals surface area contributed by atoms with Crippen LogP contribution in [0, 0.1) is 5.92 Å². The summed E-state index contributed by atoms with van der Waals surface area (Å²) in [6, 6.07) is 9.28. The van der Waals surface area contributed by atoms with Gasteiger partial charge in [-0.05, 0) is 68.1 Å². The van der Waals surface area contributed by atoms with Gasteiger partial charge in [-0.3, -0.25) is 0 Å². The fourth-order valence-electron chi connectivity index (χ4n) is 3.06. The second kappa shape index (κ2) is 6.72. The van der Waals surface area contributed by atoms with Crippen molar-refractivity contribution in [2.75, 3.05) is 0 Å². The summed E-state index contributed by atoms with van der Waals surface area (Å²) in [6.45, 7) is 2.19. The van der Waals surface area contributed by atoms with Crippen LogP contribution in [-0.4, -0.2) is 6.04 Å². The van der Waals surface area contributed by atoms with Crippen LogP contribution in [0.1, 0.15) is 56.9 Å². The van der Waals surface area contributed by atoms with Crippen molar-refractivity contribution in [1.82, 2.24) is 0 Å². The van der Waals surface area contributed by atoms with Crippen LogP contribution in [0.5, 0.6) is 0 Å². The normalized spacial score (nSPS) is 25.9. The monoisotopic (exact) mass is 309 g/mol. The molecule has 0 amide bonds. The van der Waals surface area contributed by atoms with Crippen molar-refractivity contribution in [2.24, 2.45) is 11.7 Å². The van der Waals surface area contributed by atoms with Gasteiger partial charge in [0.15, 0.2) is 0 Å². The quantitative estimate of drug-likeness (QED) is 0.845. The van der Waals surface area contributed by atoms with E-state index in [-0.39, 0.29) is 0 Å². The Kier molecular flexibility index (Phi) is 5.25. The third-order valence-electron chi connectivity index (χ3n) is 4.35. The molecular weight excluding hydrogens is 286 g/mol. The summed E-state index contributed by atoms with van der Waals surface area (Å²) in [7, 11) is 0. The minimum absolute atomic E-state index is 0.416. The molecule has 2 heteroatoms. The molecule has 18 heavy (non-hydrogen) atoms. The number of hydrogen-bond acceptors (Lipinski definition) is 1. The molecule has 1 unspecified atom stereocenters. The average molecular weight is 310 g/mol. The molecule has 1 nitrogen and oxygen atoms in total. The van der Waals surface area contributed by atoms with E-state index in [2.05, 4.69) is 47.1 Å². The van der Waals surface area contributed by atoms with E-state index in [9.17, 15) is 0 Å². The summed E-state index contributed by atoms with van der Waals surface area (Å²) in [5, 5.41) is 0. The van der Waals surface area contributed by atoms with Crippen molar-refractivity contribution in [3.63, 3.8) is 0 Å². The van der Waals surface area contributed by atoms with Crippen LogP contribution in [0.4, 0.5) is 0 Å². The van der Waals surface area contributed by atoms with Gasteiger partial charge in [-0.1, -0.05) is 35.0 Å². The first kappa shape index (κ1) is 14.1. The average Bonchev–Trinajstić information content (AvgIpc) is 2.40. The van der Waals surface area contributed by atoms with Crippen LogP contribution in [0.25, 0.3) is 0 Å². The fourth-order valence-corrected chi connectivity index (χ4v) is 3.33. The van der Waals surface area contributed by atoms with Gasteiger partial charge in [-0.15, -0.1) is 0 Å². The van der Waals surface area contributed by atoms with Crippen molar-refractivity contribution >= 4 is 15.9 Å². The highest BCUT2D eigenvalue weighted by Gasteiger charge is 2.23. The van der Waals surface area contributed by atoms with Gasteiger partial charge < -0.3 is 5.73 Å². The number of benzene rings is 1. The maximum atomic E-state index is 6.06. The molecule has 100 valence electrons. The van der Waals surface area contributed by atoms with Crippen molar-refractivity contribution in [2.45, 2.75) is 57.4 Å². The van der Waals surface area contributed by atoms with Gasteiger partial charge in [-0.25, -0.2) is 0 Å². The van der Waals surface area contributed by atoms with E-state index in [1.165, 1.54) is 42.1 Å². The first-order chi connectivity index (χ1) is 8.69. The maximum Gasteiger partial charge on any atom is 0.0175 e. The minimum Gasteiger partial charge on any atom is -0.328 e. The van der Waals surface area contributed by atoms with Crippen LogP contribution in [0.15, 0.2) is 28.7 Å². The van der Waals surface area contributed by atoms with Crippen molar-refractivity contribution in [3.05, 3.63) is 34.3 Å². The van der Waals surface area contributed by atoms with Crippen LogP contribution >= 0.6 is 15.9 Å². The van der Waals surface area contributed by atoms with E-state index in [4.69, 9.17) is 5.73 Å². The van der Waals surface area contributed by atoms with Gasteiger partial charge in [-0.2, -0.15) is 0 Å².